The number of amides is 1. The zero-order valence-corrected chi connectivity index (χ0v) is 18.8. The van der Waals surface area contributed by atoms with Crippen LogP contribution in [0.15, 0.2) is 22.6 Å². The molecule has 1 amide bonds. The van der Waals surface area contributed by atoms with Gasteiger partial charge in [0, 0.05) is 27.4 Å². The molecule has 1 aromatic heterocycles. The molecule has 0 aliphatic heterocycles. The number of rotatable bonds is 7. The van der Waals surface area contributed by atoms with E-state index in [0.29, 0.717) is 33.8 Å². The van der Waals surface area contributed by atoms with Crippen LogP contribution in [0, 0.1) is 0 Å². The van der Waals surface area contributed by atoms with Gasteiger partial charge in [-0.25, -0.2) is 0 Å². The van der Waals surface area contributed by atoms with Gasteiger partial charge in [-0.2, -0.15) is 0 Å². The second kappa shape index (κ2) is 8.69. The van der Waals surface area contributed by atoms with Crippen molar-refractivity contribution in [2.75, 3.05) is 10.6 Å². The minimum atomic E-state index is -2.08. The fourth-order valence-corrected chi connectivity index (χ4v) is 3.80. The predicted molar refractivity (Wildman–Crippen MR) is 111 cm³/mol. The fraction of sp³-hybridized carbons (Fsp3) is 0.353. The van der Waals surface area contributed by atoms with Crippen LogP contribution in [-0.2, 0) is 4.79 Å². The number of carbonyl (C=O) groups is 1. The summed E-state index contributed by atoms with van der Waals surface area (Å²) in [6.45, 7) is 5.89. The van der Waals surface area contributed by atoms with Crippen LogP contribution in [0.25, 0.3) is 11.3 Å². The Bertz CT molecular complexity index is 785. The summed E-state index contributed by atoms with van der Waals surface area (Å²) in [6, 6.07) is 4.80. The van der Waals surface area contributed by atoms with Crippen LogP contribution in [0.1, 0.15) is 12.8 Å². The number of nitrogens with one attached hydrogen (secondary N) is 1. The highest BCUT2D eigenvalue weighted by Gasteiger charge is 2.29. The molecular weight excluding hydrogens is 461 g/mol. The fourth-order valence-electron chi connectivity index (χ4n) is 2.19. The van der Waals surface area contributed by atoms with Gasteiger partial charge < -0.3 is 13.9 Å². The number of benzene rings is 1. The van der Waals surface area contributed by atoms with E-state index in [1.807, 2.05) is 19.6 Å². The maximum absolute atomic E-state index is 12.1. The lowest BCUT2D eigenvalue weighted by molar-refractivity contribution is -0.116. The smallest absolute Gasteiger partial charge is 0.245 e. The van der Waals surface area contributed by atoms with Gasteiger partial charge in [0.15, 0.2) is 5.76 Å². The van der Waals surface area contributed by atoms with Gasteiger partial charge in [0.2, 0.25) is 31.6 Å². The molecule has 1 aromatic carbocycles. The van der Waals surface area contributed by atoms with Crippen LogP contribution in [0.5, 0.6) is 11.5 Å². The first kappa shape index (κ1) is 21.2. The Morgan fingerprint density at radius 1 is 1.27 bits per heavy atom. The predicted octanol–water partition coefficient (Wildman–Crippen LogP) is 6.29. The molecule has 0 aliphatic rings. The first-order chi connectivity index (χ1) is 12.1. The number of aromatic hydroxyl groups is 1. The minimum Gasteiger partial charge on any atom is -0.538 e. The molecule has 0 bridgehead atoms. The lowest BCUT2D eigenvalue weighted by atomic mass is 10.1. The van der Waals surface area contributed by atoms with E-state index >= 15 is 0 Å². The highest BCUT2D eigenvalue weighted by atomic mass is 79.9. The number of carbonyl (C=O) groups excluding carboxylic acids is 1. The molecule has 5 nitrogen and oxygen atoms in total. The molecule has 2 N–H and O–H groups in total. The van der Waals surface area contributed by atoms with E-state index in [9.17, 15) is 9.90 Å². The summed E-state index contributed by atoms with van der Waals surface area (Å²) in [5.41, 5.74) is 0.487. The zero-order chi connectivity index (χ0) is 19.5. The molecule has 9 heteroatoms. The van der Waals surface area contributed by atoms with E-state index in [0.717, 1.165) is 0 Å². The summed E-state index contributed by atoms with van der Waals surface area (Å²) in [5.74, 6) is -0.0765. The first-order valence-electron chi connectivity index (χ1n) is 7.98. The third-order valence-corrected chi connectivity index (χ3v) is 4.98. The third-order valence-electron chi connectivity index (χ3n) is 3.16. The quantitative estimate of drug-likeness (QED) is 0.361. The number of halogens is 3. The summed E-state index contributed by atoms with van der Waals surface area (Å²) in [6.07, 6.45) is 0.997. The maximum atomic E-state index is 12.1. The number of hydrogen-bond donors (Lipinski definition) is 2. The minimum absolute atomic E-state index is 0.0793. The van der Waals surface area contributed by atoms with Crippen LogP contribution in [0.3, 0.4) is 0 Å². The molecule has 0 radical (unpaired) electrons. The van der Waals surface area contributed by atoms with Crippen molar-refractivity contribution in [1.29, 1.82) is 0 Å². The highest BCUT2D eigenvalue weighted by Crippen LogP contribution is 2.47. The topological polar surface area (TPSA) is 71.7 Å². The molecule has 142 valence electrons. The van der Waals surface area contributed by atoms with Crippen LogP contribution in [0.4, 0.5) is 5.88 Å². The van der Waals surface area contributed by atoms with Gasteiger partial charge in [0.1, 0.15) is 0 Å². The van der Waals surface area contributed by atoms with Crippen molar-refractivity contribution in [1.82, 2.24) is 0 Å². The second-order valence-electron chi connectivity index (χ2n) is 6.65. The van der Waals surface area contributed by atoms with Crippen LogP contribution < -0.4 is 9.74 Å². The largest absolute Gasteiger partial charge is 0.538 e. The van der Waals surface area contributed by atoms with Crippen molar-refractivity contribution in [2.45, 2.75) is 32.5 Å². The van der Waals surface area contributed by atoms with Crippen molar-refractivity contribution in [3.8, 4) is 22.8 Å². The van der Waals surface area contributed by atoms with Gasteiger partial charge in [-0.05, 0) is 44.3 Å². The number of alkyl halides is 1. The Hall–Kier alpha value is -1.15. The van der Waals surface area contributed by atoms with E-state index in [4.69, 9.17) is 32.0 Å². The summed E-state index contributed by atoms with van der Waals surface area (Å²) in [4.78, 5) is 12.1. The molecule has 2 aromatic rings. The van der Waals surface area contributed by atoms with E-state index in [2.05, 4.69) is 21.2 Å². The van der Waals surface area contributed by atoms with Crippen LogP contribution >= 0.6 is 39.1 Å². The van der Waals surface area contributed by atoms with Gasteiger partial charge in [-0.3, -0.25) is 10.1 Å². The molecule has 0 spiro atoms. The normalized spacial score (nSPS) is 11.5. The van der Waals surface area contributed by atoms with E-state index in [1.54, 1.807) is 18.2 Å². The zero-order valence-electron chi connectivity index (χ0n) is 14.7. The van der Waals surface area contributed by atoms with Crippen LogP contribution in [-0.4, -0.2) is 24.7 Å². The van der Waals surface area contributed by atoms with Gasteiger partial charge >= 0.3 is 0 Å². The molecule has 0 saturated heterocycles. The molecule has 0 atom stereocenters. The van der Waals surface area contributed by atoms with Crippen molar-refractivity contribution in [2.24, 2.45) is 0 Å². The SMILES string of the molecule is C[Si](C)(C)Oc1c(NC(=O)CCCBr)oc(-c2cc(Cl)cc(Cl)c2)c1O. The molecule has 0 unspecified atom stereocenters. The molecule has 26 heavy (non-hydrogen) atoms. The van der Waals surface area contributed by atoms with Crippen LogP contribution in [0.2, 0.25) is 29.7 Å². The number of hydrogen-bond acceptors (Lipinski definition) is 4. The lowest BCUT2D eigenvalue weighted by Gasteiger charge is -2.18. The summed E-state index contributed by atoms with van der Waals surface area (Å²) < 4.78 is 11.7. The van der Waals surface area contributed by atoms with E-state index < -0.39 is 8.32 Å². The number of furan rings is 1. The Labute approximate surface area is 171 Å². The summed E-state index contributed by atoms with van der Waals surface area (Å²) >= 11 is 15.4. The molecule has 0 aliphatic carbocycles. The Morgan fingerprint density at radius 2 is 1.88 bits per heavy atom. The van der Waals surface area contributed by atoms with Crippen molar-refractivity contribution < 1.29 is 18.7 Å². The third kappa shape index (κ3) is 5.67. The van der Waals surface area contributed by atoms with Gasteiger partial charge in [0.05, 0.1) is 0 Å². The lowest BCUT2D eigenvalue weighted by Crippen LogP contribution is -2.29. The van der Waals surface area contributed by atoms with E-state index in [-0.39, 0.29) is 29.1 Å². The Kier molecular flexibility index (Phi) is 7.07. The van der Waals surface area contributed by atoms with Crippen molar-refractivity contribution in [3.63, 3.8) is 0 Å². The van der Waals surface area contributed by atoms with Crippen molar-refractivity contribution >= 4 is 59.2 Å². The molecular formula is C17H20BrCl2NO4Si. The van der Waals surface area contributed by atoms with Gasteiger partial charge in [-0.15, -0.1) is 0 Å². The molecule has 1 heterocycles. The average Bonchev–Trinajstić information content (AvgIpc) is 2.79. The molecule has 0 fully saturated rings. The van der Waals surface area contributed by atoms with Gasteiger partial charge in [-0.1, -0.05) is 39.1 Å². The highest BCUT2D eigenvalue weighted by molar-refractivity contribution is 9.09. The maximum Gasteiger partial charge on any atom is 0.245 e. The van der Waals surface area contributed by atoms with Crippen molar-refractivity contribution in [3.05, 3.63) is 28.2 Å². The number of anilines is 1. The van der Waals surface area contributed by atoms with Gasteiger partial charge in [0.25, 0.3) is 0 Å². The standard InChI is InChI=1S/C17H20BrCl2NO4Si/c1-26(2,3)25-16-14(23)15(10-7-11(19)9-12(20)8-10)24-17(16)21-13(22)5-4-6-18/h7-9,23H,4-6H2,1-3H3,(H,21,22). The first-order valence-corrected chi connectivity index (χ1v) is 13.3. The molecule has 0 saturated carbocycles. The molecule has 2 rings (SSSR count). The summed E-state index contributed by atoms with van der Waals surface area (Å²) in [7, 11) is -2.08. The Balaban J connectivity index is 2.47. The van der Waals surface area contributed by atoms with E-state index in [1.165, 1.54) is 0 Å². The monoisotopic (exact) mass is 479 g/mol. The Morgan fingerprint density at radius 3 is 2.42 bits per heavy atom. The summed E-state index contributed by atoms with van der Waals surface area (Å²) in [5, 5.41) is 14.8. The average molecular weight is 481 g/mol. The second-order valence-corrected chi connectivity index (χ2v) is 12.7.